The summed E-state index contributed by atoms with van der Waals surface area (Å²) in [5.74, 6) is -1.43. The van der Waals surface area contributed by atoms with Gasteiger partial charge in [0.05, 0.1) is 6.54 Å². The maximum absolute atomic E-state index is 11.6. The minimum atomic E-state index is -1.07. The molecule has 1 rings (SSSR count). The van der Waals surface area contributed by atoms with E-state index < -0.39 is 5.97 Å². The van der Waals surface area contributed by atoms with Crippen molar-refractivity contribution in [1.82, 2.24) is 5.32 Å². The molecule has 0 aliphatic heterocycles. The van der Waals surface area contributed by atoms with Gasteiger partial charge in [-0.3, -0.25) is 4.79 Å². The van der Waals surface area contributed by atoms with E-state index in [4.69, 9.17) is 5.11 Å². The smallest absolute Gasteiger partial charge is 0.331 e. The van der Waals surface area contributed by atoms with Gasteiger partial charge in [-0.15, -0.1) is 11.3 Å². The van der Waals surface area contributed by atoms with Crippen LogP contribution in [-0.4, -0.2) is 17.0 Å². The van der Waals surface area contributed by atoms with Crippen LogP contribution in [-0.2, 0) is 16.1 Å². The van der Waals surface area contributed by atoms with Gasteiger partial charge in [-0.1, -0.05) is 0 Å². The molecule has 92 valence electrons. The predicted octanol–water partition coefficient (Wildman–Crippen LogP) is 2.55. The maximum atomic E-state index is 11.6. The zero-order chi connectivity index (χ0) is 13.0. The molecule has 0 aliphatic rings. The lowest BCUT2D eigenvalue weighted by atomic mass is 10.1. The Morgan fingerprint density at radius 1 is 1.41 bits per heavy atom. The molecule has 0 radical (unpaired) electrons. The van der Waals surface area contributed by atoms with Crippen molar-refractivity contribution in [2.24, 2.45) is 0 Å². The molecule has 0 atom stereocenters. The van der Waals surface area contributed by atoms with Crippen molar-refractivity contribution in [3.63, 3.8) is 0 Å². The van der Waals surface area contributed by atoms with Gasteiger partial charge >= 0.3 is 5.97 Å². The van der Waals surface area contributed by atoms with Gasteiger partial charge in [-0.05, 0) is 35.8 Å². The van der Waals surface area contributed by atoms with E-state index in [1.165, 1.54) is 25.2 Å². The van der Waals surface area contributed by atoms with Crippen LogP contribution in [0.4, 0.5) is 0 Å². The van der Waals surface area contributed by atoms with Crippen LogP contribution in [0.25, 0.3) is 0 Å². The van der Waals surface area contributed by atoms with E-state index in [-0.39, 0.29) is 17.1 Å². The Hall–Kier alpha value is -1.14. The average Bonchev–Trinajstić information content (AvgIpc) is 2.69. The van der Waals surface area contributed by atoms with Gasteiger partial charge < -0.3 is 10.4 Å². The second kappa shape index (κ2) is 5.97. The van der Waals surface area contributed by atoms with Gasteiger partial charge in [0, 0.05) is 25.9 Å². The summed E-state index contributed by atoms with van der Waals surface area (Å²) in [6.07, 6.45) is 0. The van der Waals surface area contributed by atoms with Crippen molar-refractivity contribution in [1.29, 1.82) is 0 Å². The number of carboxylic acid groups (broad SMARTS) is 1. The predicted molar refractivity (Wildman–Crippen MR) is 69.9 cm³/mol. The number of carbonyl (C=O) groups excluding carboxylic acids is 1. The summed E-state index contributed by atoms with van der Waals surface area (Å²) in [6, 6.07) is 1.91. The first kappa shape index (κ1) is 13.9. The lowest BCUT2D eigenvalue weighted by Gasteiger charge is -2.05. The van der Waals surface area contributed by atoms with E-state index in [9.17, 15) is 9.59 Å². The fraction of sp³-hybridized carbons (Fsp3) is 0.273. The van der Waals surface area contributed by atoms with E-state index in [2.05, 4.69) is 21.2 Å². The number of hydrogen-bond acceptors (Lipinski definition) is 3. The molecular weight excluding hydrogens is 306 g/mol. The Morgan fingerprint density at radius 3 is 2.53 bits per heavy atom. The third-order valence-corrected chi connectivity index (χ3v) is 3.97. The highest BCUT2D eigenvalue weighted by atomic mass is 79.9. The fourth-order valence-electron chi connectivity index (χ4n) is 1.08. The first-order valence-corrected chi connectivity index (χ1v) is 6.51. The largest absolute Gasteiger partial charge is 0.478 e. The first-order valence-electron chi connectivity index (χ1n) is 4.83. The zero-order valence-corrected chi connectivity index (χ0v) is 11.8. The molecule has 0 saturated heterocycles. The van der Waals surface area contributed by atoms with Crippen molar-refractivity contribution in [2.75, 3.05) is 0 Å². The Morgan fingerprint density at radius 2 is 2.06 bits per heavy atom. The summed E-state index contributed by atoms with van der Waals surface area (Å²) in [4.78, 5) is 23.3. The Kier molecular flexibility index (Phi) is 4.89. The van der Waals surface area contributed by atoms with E-state index in [0.717, 1.165) is 9.35 Å². The second-order valence-electron chi connectivity index (χ2n) is 3.47. The molecule has 0 fully saturated rings. The standard InChI is InChI=1S/C11H12BrNO3S/c1-6(7(2)11(15)16)10(14)13-4-9-3-8(12)5-17-9/h3,5H,4H2,1-2H3,(H,13,14)(H,15,16). The fourth-order valence-corrected chi connectivity index (χ4v) is 2.47. The number of rotatable bonds is 4. The monoisotopic (exact) mass is 317 g/mol. The molecule has 17 heavy (non-hydrogen) atoms. The molecule has 1 heterocycles. The Bertz CT molecular complexity index is 479. The zero-order valence-electron chi connectivity index (χ0n) is 9.41. The van der Waals surface area contributed by atoms with Crippen LogP contribution in [0.1, 0.15) is 18.7 Å². The van der Waals surface area contributed by atoms with Crippen LogP contribution >= 0.6 is 27.3 Å². The topological polar surface area (TPSA) is 66.4 Å². The van der Waals surface area contributed by atoms with Crippen LogP contribution in [0.5, 0.6) is 0 Å². The van der Waals surface area contributed by atoms with Crippen LogP contribution in [0.2, 0.25) is 0 Å². The minimum absolute atomic E-state index is 0.0647. The third kappa shape index (κ3) is 3.98. The normalized spacial score (nSPS) is 11.9. The molecule has 2 N–H and O–H groups in total. The molecule has 0 spiro atoms. The quantitative estimate of drug-likeness (QED) is 0.839. The highest BCUT2D eigenvalue weighted by Gasteiger charge is 2.12. The molecule has 4 nitrogen and oxygen atoms in total. The van der Waals surface area contributed by atoms with E-state index >= 15 is 0 Å². The van der Waals surface area contributed by atoms with Crippen LogP contribution in [0.15, 0.2) is 27.1 Å². The number of nitrogens with one attached hydrogen (secondary N) is 1. The highest BCUT2D eigenvalue weighted by Crippen LogP contribution is 2.19. The summed E-state index contributed by atoms with van der Waals surface area (Å²) in [6.45, 7) is 3.32. The van der Waals surface area contributed by atoms with Gasteiger partial charge in [0.15, 0.2) is 0 Å². The molecule has 6 heteroatoms. The summed E-state index contributed by atoms with van der Waals surface area (Å²) in [5, 5.41) is 13.3. The number of carboxylic acids is 1. The van der Waals surface area contributed by atoms with Crippen LogP contribution < -0.4 is 5.32 Å². The number of amides is 1. The van der Waals surface area contributed by atoms with Crippen molar-refractivity contribution in [3.8, 4) is 0 Å². The van der Waals surface area contributed by atoms with Crippen LogP contribution in [0, 0.1) is 0 Å². The van der Waals surface area contributed by atoms with Crippen molar-refractivity contribution in [3.05, 3.63) is 31.9 Å². The van der Waals surface area contributed by atoms with Gasteiger partial charge in [0.1, 0.15) is 0 Å². The van der Waals surface area contributed by atoms with Gasteiger partial charge in [0.2, 0.25) is 5.91 Å². The van der Waals surface area contributed by atoms with Crippen molar-refractivity contribution >= 4 is 39.1 Å². The molecule has 1 aromatic heterocycles. The average molecular weight is 318 g/mol. The lowest BCUT2D eigenvalue weighted by Crippen LogP contribution is -2.24. The molecular formula is C11H12BrNO3S. The summed E-state index contributed by atoms with van der Waals surface area (Å²) in [7, 11) is 0. The number of aliphatic carboxylic acids is 1. The molecule has 0 unspecified atom stereocenters. The Labute approximate surface area is 111 Å². The number of halogens is 1. The Balaban J connectivity index is 2.62. The SMILES string of the molecule is CC(C(=O)O)=C(C)C(=O)NCc1cc(Br)cs1. The third-order valence-electron chi connectivity index (χ3n) is 2.27. The lowest BCUT2D eigenvalue weighted by molar-refractivity contribution is -0.133. The summed E-state index contributed by atoms with van der Waals surface area (Å²) in [5.41, 5.74) is 0.294. The van der Waals surface area contributed by atoms with Crippen molar-refractivity contribution in [2.45, 2.75) is 20.4 Å². The van der Waals surface area contributed by atoms with Gasteiger partial charge in [0.25, 0.3) is 0 Å². The number of thiophene rings is 1. The van der Waals surface area contributed by atoms with Gasteiger partial charge in [-0.25, -0.2) is 4.79 Å². The number of hydrogen-bond donors (Lipinski definition) is 2. The minimum Gasteiger partial charge on any atom is -0.478 e. The first-order chi connectivity index (χ1) is 7.91. The molecule has 0 bridgehead atoms. The van der Waals surface area contributed by atoms with E-state index in [0.29, 0.717) is 6.54 Å². The van der Waals surface area contributed by atoms with Crippen molar-refractivity contribution < 1.29 is 14.7 Å². The number of carbonyl (C=O) groups is 2. The molecule has 0 saturated carbocycles. The summed E-state index contributed by atoms with van der Waals surface area (Å²) < 4.78 is 0.973. The molecule has 0 aliphatic carbocycles. The molecule has 1 aromatic rings. The molecule has 0 aromatic carbocycles. The molecule has 1 amide bonds. The van der Waals surface area contributed by atoms with Crippen LogP contribution in [0.3, 0.4) is 0 Å². The van der Waals surface area contributed by atoms with E-state index in [1.54, 1.807) is 0 Å². The summed E-state index contributed by atoms with van der Waals surface area (Å²) >= 11 is 4.85. The van der Waals surface area contributed by atoms with Gasteiger partial charge in [-0.2, -0.15) is 0 Å². The maximum Gasteiger partial charge on any atom is 0.331 e. The second-order valence-corrected chi connectivity index (χ2v) is 5.38. The highest BCUT2D eigenvalue weighted by molar-refractivity contribution is 9.10. The van der Waals surface area contributed by atoms with E-state index in [1.807, 2.05) is 11.4 Å².